The second kappa shape index (κ2) is 10.2. The molecule has 174 valence electrons. The van der Waals surface area contributed by atoms with Crippen LogP contribution < -0.4 is 10.1 Å². The van der Waals surface area contributed by atoms with Crippen LogP contribution in [0.1, 0.15) is 52.6 Å². The average Bonchev–Trinajstić information content (AvgIpc) is 3.14. The Morgan fingerprint density at radius 3 is 2.36 bits per heavy atom. The molecule has 0 saturated carbocycles. The minimum atomic E-state index is -0.305. The fourth-order valence-corrected chi connectivity index (χ4v) is 4.60. The number of piperidine rings is 1. The van der Waals surface area contributed by atoms with Crippen molar-refractivity contribution in [2.75, 3.05) is 26.7 Å². The third-order valence-electron chi connectivity index (χ3n) is 6.38. The molecule has 3 aromatic rings. The summed E-state index contributed by atoms with van der Waals surface area (Å²) in [4.78, 5) is 15.7. The predicted octanol–water partition coefficient (Wildman–Crippen LogP) is 4.59. The van der Waals surface area contributed by atoms with Crippen LogP contribution in [0, 0.1) is 19.7 Å². The zero-order valence-corrected chi connectivity index (χ0v) is 19.5. The van der Waals surface area contributed by atoms with Crippen molar-refractivity contribution in [3.8, 4) is 11.4 Å². The summed E-state index contributed by atoms with van der Waals surface area (Å²) < 4.78 is 20.3. The Morgan fingerprint density at radius 2 is 1.73 bits per heavy atom. The molecule has 1 aliphatic heterocycles. The third kappa shape index (κ3) is 5.09. The number of likely N-dealkylation sites (tertiary alicyclic amines) is 1. The van der Waals surface area contributed by atoms with Crippen molar-refractivity contribution in [1.29, 1.82) is 0 Å². The van der Waals surface area contributed by atoms with Crippen molar-refractivity contribution in [2.45, 2.75) is 39.2 Å². The number of methoxy groups -OCH3 is 1. The van der Waals surface area contributed by atoms with Gasteiger partial charge in [-0.05, 0) is 81.7 Å². The lowest BCUT2D eigenvalue weighted by atomic mass is 10.0. The first-order valence-electron chi connectivity index (χ1n) is 11.5. The number of ether oxygens (including phenoxy) is 1. The minimum Gasteiger partial charge on any atom is -0.497 e. The topological polar surface area (TPSA) is 59.4 Å². The van der Waals surface area contributed by atoms with E-state index in [9.17, 15) is 9.18 Å². The Kier molecular flexibility index (Phi) is 7.08. The molecule has 1 N–H and O–H groups in total. The monoisotopic (exact) mass is 450 g/mol. The van der Waals surface area contributed by atoms with E-state index in [1.54, 1.807) is 23.9 Å². The van der Waals surface area contributed by atoms with Gasteiger partial charge in [-0.25, -0.2) is 9.07 Å². The Bertz CT molecular complexity index is 1090. The fraction of sp³-hybridized carbons (Fsp3) is 0.385. The van der Waals surface area contributed by atoms with Gasteiger partial charge in [-0.15, -0.1) is 0 Å². The molecule has 7 heteroatoms. The summed E-state index contributed by atoms with van der Waals surface area (Å²) in [6, 6.07) is 14.3. The largest absolute Gasteiger partial charge is 0.497 e. The first kappa shape index (κ1) is 23.0. The zero-order chi connectivity index (χ0) is 23.4. The van der Waals surface area contributed by atoms with Gasteiger partial charge in [-0.2, -0.15) is 5.10 Å². The van der Waals surface area contributed by atoms with E-state index >= 15 is 0 Å². The van der Waals surface area contributed by atoms with Gasteiger partial charge in [0.25, 0.3) is 5.91 Å². The standard InChI is InChI=1S/C26H31FN4O2/c1-18-25(19(2)31(29-18)22-11-9-21(27)10-12-22)26(32)28-17-24(30-15-5-4-6-16-30)20-7-13-23(33-3)14-8-20/h7-14,24H,4-6,15-17H2,1-3H3,(H,28,32). The number of hydrogen-bond donors (Lipinski definition) is 1. The lowest BCUT2D eigenvalue weighted by Crippen LogP contribution is -2.40. The minimum absolute atomic E-state index is 0.0907. The molecule has 6 nitrogen and oxygen atoms in total. The maximum Gasteiger partial charge on any atom is 0.255 e. The molecule has 0 spiro atoms. The van der Waals surface area contributed by atoms with E-state index in [0.29, 0.717) is 17.8 Å². The maximum absolute atomic E-state index is 13.3. The number of aryl methyl sites for hydroxylation is 1. The van der Waals surface area contributed by atoms with Crippen LogP contribution in [-0.4, -0.2) is 47.3 Å². The summed E-state index contributed by atoms with van der Waals surface area (Å²) in [7, 11) is 1.66. The van der Waals surface area contributed by atoms with Crippen LogP contribution in [0.25, 0.3) is 5.69 Å². The number of benzene rings is 2. The van der Waals surface area contributed by atoms with E-state index in [4.69, 9.17) is 4.74 Å². The highest BCUT2D eigenvalue weighted by molar-refractivity contribution is 5.96. The fourth-order valence-electron chi connectivity index (χ4n) is 4.60. The number of hydrogen-bond acceptors (Lipinski definition) is 4. The van der Waals surface area contributed by atoms with E-state index in [1.165, 1.54) is 31.4 Å². The van der Waals surface area contributed by atoms with Gasteiger partial charge in [0.05, 0.1) is 35.8 Å². The summed E-state index contributed by atoms with van der Waals surface area (Å²) >= 11 is 0. The molecule has 1 fully saturated rings. The number of halogens is 1. The van der Waals surface area contributed by atoms with Gasteiger partial charge in [-0.1, -0.05) is 18.6 Å². The lowest BCUT2D eigenvalue weighted by Gasteiger charge is -2.35. The number of aromatic nitrogens is 2. The summed E-state index contributed by atoms with van der Waals surface area (Å²) in [6.07, 6.45) is 3.59. The average molecular weight is 451 g/mol. The van der Waals surface area contributed by atoms with Crippen molar-refractivity contribution in [3.05, 3.63) is 76.9 Å². The van der Waals surface area contributed by atoms with E-state index in [0.717, 1.165) is 35.8 Å². The highest BCUT2D eigenvalue weighted by atomic mass is 19.1. The smallest absolute Gasteiger partial charge is 0.255 e. The Hall–Kier alpha value is -3.19. The molecule has 0 aliphatic carbocycles. The maximum atomic E-state index is 13.3. The molecular weight excluding hydrogens is 419 g/mol. The van der Waals surface area contributed by atoms with Gasteiger partial charge >= 0.3 is 0 Å². The Labute approximate surface area is 194 Å². The van der Waals surface area contributed by atoms with Gasteiger partial charge in [-0.3, -0.25) is 9.69 Å². The number of nitrogens with zero attached hydrogens (tertiary/aromatic N) is 3. The van der Waals surface area contributed by atoms with Crippen molar-refractivity contribution in [3.63, 3.8) is 0 Å². The van der Waals surface area contributed by atoms with E-state index in [2.05, 4.69) is 27.4 Å². The number of carbonyl (C=O) groups excluding carboxylic acids is 1. The Morgan fingerprint density at radius 1 is 1.06 bits per heavy atom. The normalized spacial score (nSPS) is 15.3. The van der Waals surface area contributed by atoms with E-state index in [1.807, 2.05) is 26.0 Å². The van der Waals surface area contributed by atoms with Crippen molar-refractivity contribution in [2.24, 2.45) is 0 Å². The summed E-state index contributed by atoms with van der Waals surface area (Å²) in [5.41, 5.74) is 3.82. The van der Waals surface area contributed by atoms with Gasteiger partial charge in [0.15, 0.2) is 0 Å². The third-order valence-corrected chi connectivity index (χ3v) is 6.38. The van der Waals surface area contributed by atoms with Crippen LogP contribution >= 0.6 is 0 Å². The van der Waals surface area contributed by atoms with Crippen molar-refractivity contribution >= 4 is 5.91 Å². The SMILES string of the molecule is COc1ccc(C(CNC(=O)c2c(C)nn(-c3ccc(F)cc3)c2C)N2CCCCC2)cc1. The lowest BCUT2D eigenvalue weighted by molar-refractivity contribution is 0.0923. The molecule has 1 unspecified atom stereocenters. The summed E-state index contributed by atoms with van der Waals surface area (Å²) in [5, 5.41) is 7.69. The molecule has 1 atom stereocenters. The number of rotatable bonds is 7. The second-order valence-corrected chi connectivity index (χ2v) is 8.53. The number of carbonyl (C=O) groups is 1. The van der Waals surface area contributed by atoms with Crippen LogP contribution in [0.3, 0.4) is 0 Å². The van der Waals surface area contributed by atoms with Crippen LogP contribution in [0.2, 0.25) is 0 Å². The van der Waals surface area contributed by atoms with Crippen LogP contribution in [0.5, 0.6) is 5.75 Å². The molecule has 1 amide bonds. The van der Waals surface area contributed by atoms with Gasteiger partial charge in [0.2, 0.25) is 0 Å². The van der Waals surface area contributed by atoms with Crippen LogP contribution in [0.4, 0.5) is 4.39 Å². The van der Waals surface area contributed by atoms with Gasteiger partial charge in [0, 0.05) is 6.54 Å². The zero-order valence-electron chi connectivity index (χ0n) is 19.5. The van der Waals surface area contributed by atoms with E-state index < -0.39 is 0 Å². The highest BCUT2D eigenvalue weighted by Crippen LogP contribution is 2.26. The molecule has 0 radical (unpaired) electrons. The van der Waals surface area contributed by atoms with Gasteiger partial charge < -0.3 is 10.1 Å². The van der Waals surface area contributed by atoms with Crippen molar-refractivity contribution in [1.82, 2.24) is 20.0 Å². The molecule has 0 bridgehead atoms. The molecular formula is C26H31FN4O2. The predicted molar refractivity (Wildman–Crippen MR) is 126 cm³/mol. The molecule has 33 heavy (non-hydrogen) atoms. The molecule has 1 aromatic heterocycles. The number of nitrogens with one attached hydrogen (secondary N) is 1. The second-order valence-electron chi connectivity index (χ2n) is 8.53. The van der Waals surface area contributed by atoms with Crippen LogP contribution in [-0.2, 0) is 0 Å². The summed E-state index contributed by atoms with van der Waals surface area (Å²) in [5.74, 6) is 0.369. The molecule has 4 rings (SSSR count). The van der Waals surface area contributed by atoms with Gasteiger partial charge in [0.1, 0.15) is 11.6 Å². The Balaban J connectivity index is 1.54. The summed E-state index contributed by atoms with van der Waals surface area (Å²) in [6.45, 7) is 6.24. The molecule has 1 aliphatic rings. The molecule has 2 heterocycles. The van der Waals surface area contributed by atoms with E-state index in [-0.39, 0.29) is 17.8 Å². The quantitative estimate of drug-likeness (QED) is 0.572. The molecule has 2 aromatic carbocycles. The first-order valence-corrected chi connectivity index (χ1v) is 11.5. The molecule has 1 saturated heterocycles. The van der Waals surface area contributed by atoms with Crippen molar-refractivity contribution < 1.29 is 13.9 Å². The first-order chi connectivity index (χ1) is 16.0. The number of amides is 1. The van der Waals surface area contributed by atoms with Crippen LogP contribution in [0.15, 0.2) is 48.5 Å². The highest BCUT2D eigenvalue weighted by Gasteiger charge is 2.25.